The summed E-state index contributed by atoms with van der Waals surface area (Å²) >= 11 is 0. The molecule has 1 rings (SSSR count). The van der Waals surface area contributed by atoms with Crippen molar-refractivity contribution < 1.29 is 19.5 Å². The second kappa shape index (κ2) is 11.2. The first-order valence-electron chi connectivity index (χ1n) is 10.2. The molecule has 0 radical (unpaired) electrons. The second-order valence-electron chi connectivity index (χ2n) is 8.51. The Morgan fingerprint density at radius 2 is 1.83 bits per heavy atom. The molecule has 10 heteroatoms. The van der Waals surface area contributed by atoms with Crippen molar-refractivity contribution in [1.82, 2.24) is 20.0 Å². The van der Waals surface area contributed by atoms with Crippen molar-refractivity contribution in [3.05, 3.63) is 0 Å². The van der Waals surface area contributed by atoms with E-state index in [0.717, 1.165) is 6.34 Å². The normalized spacial score (nSPS) is 18.8. The summed E-state index contributed by atoms with van der Waals surface area (Å²) in [7, 11) is 3.33. The first-order valence-corrected chi connectivity index (χ1v) is 10.2. The van der Waals surface area contributed by atoms with E-state index in [1.807, 2.05) is 13.8 Å². The summed E-state index contributed by atoms with van der Waals surface area (Å²) < 4.78 is 0. The SMILES string of the molecule is CC(=O)[C@H](NC(=O)[C@@H]([C@H](O)[C@H](C)CC(=O)N1CCN(C=N)C(=N)C1)N(C)C)C(C)C. The quantitative estimate of drug-likeness (QED) is 0.282. The number of amides is 2. The highest BCUT2D eigenvalue weighted by molar-refractivity contribution is 5.94. The second-order valence-corrected chi connectivity index (χ2v) is 8.51. The highest BCUT2D eigenvalue weighted by atomic mass is 16.3. The molecular weight excluding hydrogens is 388 g/mol. The summed E-state index contributed by atoms with van der Waals surface area (Å²) in [6.07, 6.45) is -0.0229. The zero-order chi connectivity index (χ0) is 23.2. The highest BCUT2D eigenvalue weighted by Gasteiger charge is 2.36. The zero-order valence-electron chi connectivity index (χ0n) is 18.8. The molecular formula is C20H36N6O4. The minimum Gasteiger partial charge on any atom is -0.391 e. The third-order valence-electron chi connectivity index (χ3n) is 5.44. The summed E-state index contributed by atoms with van der Waals surface area (Å²) in [6, 6.07) is -1.55. The maximum Gasteiger partial charge on any atom is 0.240 e. The minimum absolute atomic E-state index is 0.0248. The monoisotopic (exact) mass is 424 g/mol. The van der Waals surface area contributed by atoms with Crippen LogP contribution in [0.15, 0.2) is 0 Å². The molecule has 0 unspecified atom stereocenters. The molecule has 0 aliphatic carbocycles. The molecule has 4 N–H and O–H groups in total. The molecule has 2 amide bonds. The van der Waals surface area contributed by atoms with Gasteiger partial charge in [0.05, 0.1) is 25.0 Å². The fourth-order valence-corrected chi connectivity index (χ4v) is 3.58. The van der Waals surface area contributed by atoms with Crippen LogP contribution < -0.4 is 5.32 Å². The largest absolute Gasteiger partial charge is 0.391 e. The Bertz CT molecular complexity index is 666. The van der Waals surface area contributed by atoms with Gasteiger partial charge in [-0.05, 0) is 32.9 Å². The van der Waals surface area contributed by atoms with Crippen LogP contribution in [-0.2, 0) is 14.4 Å². The lowest BCUT2D eigenvalue weighted by Gasteiger charge is -2.36. The van der Waals surface area contributed by atoms with Gasteiger partial charge in [0, 0.05) is 19.5 Å². The van der Waals surface area contributed by atoms with Crippen LogP contribution in [0.4, 0.5) is 0 Å². The highest BCUT2D eigenvalue weighted by Crippen LogP contribution is 2.18. The number of aliphatic hydroxyl groups excluding tert-OH is 1. The molecule has 1 fully saturated rings. The average Bonchev–Trinajstić information content (AvgIpc) is 2.64. The van der Waals surface area contributed by atoms with Crippen molar-refractivity contribution in [3.63, 3.8) is 0 Å². The first-order chi connectivity index (χ1) is 13.9. The van der Waals surface area contributed by atoms with Crippen LogP contribution in [0.5, 0.6) is 0 Å². The molecule has 170 valence electrons. The molecule has 0 aromatic carbocycles. The summed E-state index contributed by atoms with van der Waals surface area (Å²) in [4.78, 5) is 41.9. The Balaban J connectivity index is 2.81. The lowest BCUT2D eigenvalue weighted by Crippen LogP contribution is -2.57. The number of carbonyl (C=O) groups excluding carboxylic acids is 3. The molecule has 1 aliphatic heterocycles. The Hall–Kier alpha value is -2.33. The predicted octanol–water partition coefficient (Wildman–Crippen LogP) is -0.238. The molecule has 0 bridgehead atoms. The number of likely N-dealkylation sites (N-methyl/N-ethyl adjacent to an activating group) is 1. The van der Waals surface area contributed by atoms with Crippen molar-refractivity contribution in [3.8, 4) is 0 Å². The van der Waals surface area contributed by atoms with Crippen LogP contribution in [0.1, 0.15) is 34.1 Å². The lowest BCUT2D eigenvalue weighted by molar-refractivity contribution is -0.138. The van der Waals surface area contributed by atoms with Crippen molar-refractivity contribution in [2.75, 3.05) is 33.7 Å². The number of amidine groups is 1. The molecule has 1 saturated heterocycles. The molecule has 1 heterocycles. The van der Waals surface area contributed by atoms with E-state index in [1.54, 1.807) is 25.9 Å². The summed E-state index contributed by atoms with van der Waals surface area (Å²) in [6.45, 7) is 7.69. The van der Waals surface area contributed by atoms with Crippen LogP contribution in [-0.4, -0.2) is 101 Å². The maximum atomic E-state index is 12.8. The van der Waals surface area contributed by atoms with E-state index in [9.17, 15) is 19.5 Å². The van der Waals surface area contributed by atoms with Gasteiger partial charge in [0.25, 0.3) is 0 Å². The number of piperazine rings is 1. The van der Waals surface area contributed by atoms with Crippen LogP contribution >= 0.6 is 0 Å². The Labute approximate surface area is 178 Å². The molecule has 30 heavy (non-hydrogen) atoms. The molecule has 0 aromatic heterocycles. The van der Waals surface area contributed by atoms with Crippen LogP contribution in [0.25, 0.3) is 0 Å². The maximum absolute atomic E-state index is 12.8. The van der Waals surface area contributed by atoms with Crippen LogP contribution in [0.3, 0.4) is 0 Å². The van der Waals surface area contributed by atoms with E-state index in [0.29, 0.717) is 13.1 Å². The van der Waals surface area contributed by atoms with Crippen molar-refractivity contribution in [2.24, 2.45) is 11.8 Å². The van der Waals surface area contributed by atoms with E-state index in [4.69, 9.17) is 10.8 Å². The van der Waals surface area contributed by atoms with E-state index in [-0.39, 0.29) is 36.4 Å². The van der Waals surface area contributed by atoms with Gasteiger partial charge in [0.1, 0.15) is 11.9 Å². The number of aliphatic hydroxyl groups is 1. The number of ketones is 1. The van der Waals surface area contributed by atoms with E-state index >= 15 is 0 Å². The molecule has 0 aromatic rings. The van der Waals surface area contributed by atoms with Gasteiger partial charge < -0.3 is 20.2 Å². The molecule has 4 atom stereocenters. The Morgan fingerprint density at radius 3 is 2.27 bits per heavy atom. The van der Waals surface area contributed by atoms with Gasteiger partial charge in [-0.3, -0.25) is 30.1 Å². The topological polar surface area (TPSA) is 141 Å². The summed E-state index contributed by atoms with van der Waals surface area (Å²) in [5.74, 6) is -1.24. The Kier molecular flexibility index (Phi) is 9.57. The number of rotatable bonds is 10. The third-order valence-corrected chi connectivity index (χ3v) is 5.44. The van der Waals surface area contributed by atoms with Gasteiger partial charge in [-0.2, -0.15) is 0 Å². The van der Waals surface area contributed by atoms with Gasteiger partial charge in [-0.15, -0.1) is 0 Å². The summed E-state index contributed by atoms with van der Waals surface area (Å²) in [5, 5.41) is 28.7. The number of Topliss-reactive ketones (excluding diaryl/α,β-unsaturated/α-hetero) is 1. The van der Waals surface area contributed by atoms with Gasteiger partial charge in [-0.25, -0.2) is 0 Å². The molecule has 10 nitrogen and oxygen atoms in total. The number of hydrogen-bond acceptors (Lipinski definition) is 7. The van der Waals surface area contributed by atoms with E-state index in [1.165, 1.54) is 16.7 Å². The lowest BCUT2D eigenvalue weighted by atomic mass is 9.92. The van der Waals surface area contributed by atoms with Gasteiger partial charge in [0.2, 0.25) is 11.8 Å². The minimum atomic E-state index is -1.12. The molecule has 0 saturated carbocycles. The smallest absolute Gasteiger partial charge is 0.240 e. The van der Waals surface area contributed by atoms with Crippen LogP contribution in [0, 0.1) is 22.7 Å². The standard InChI is InChI=1S/C20H36N6O4/c1-12(2)17(14(4)27)23-20(30)18(24(5)6)19(29)13(3)9-16(28)25-7-8-26(11-21)15(22)10-25/h11-13,17-19,21-22,29H,7-10H2,1-6H3,(H,23,30)/t13-,17-,18-,19-/m1/s1. The first kappa shape index (κ1) is 25.7. The van der Waals surface area contributed by atoms with E-state index in [2.05, 4.69) is 5.32 Å². The average molecular weight is 425 g/mol. The van der Waals surface area contributed by atoms with Crippen molar-refractivity contribution in [2.45, 2.75) is 52.3 Å². The number of nitrogens with one attached hydrogen (secondary N) is 3. The van der Waals surface area contributed by atoms with Gasteiger partial charge in [-0.1, -0.05) is 20.8 Å². The van der Waals surface area contributed by atoms with Crippen LogP contribution in [0.2, 0.25) is 0 Å². The number of nitrogens with zero attached hydrogens (tertiary/aromatic N) is 3. The fourth-order valence-electron chi connectivity index (χ4n) is 3.58. The van der Waals surface area contributed by atoms with Crippen molar-refractivity contribution >= 4 is 29.8 Å². The van der Waals surface area contributed by atoms with Crippen molar-refractivity contribution in [1.29, 1.82) is 10.8 Å². The summed E-state index contributed by atoms with van der Waals surface area (Å²) in [5.41, 5.74) is 0. The fraction of sp³-hybridized carbons (Fsp3) is 0.750. The third kappa shape index (κ3) is 6.60. The van der Waals surface area contributed by atoms with E-state index < -0.39 is 30.0 Å². The Morgan fingerprint density at radius 1 is 1.23 bits per heavy atom. The zero-order valence-corrected chi connectivity index (χ0v) is 18.8. The predicted molar refractivity (Wildman–Crippen MR) is 115 cm³/mol. The van der Waals surface area contributed by atoms with Gasteiger partial charge >= 0.3 is 0 Å². The molecule has 1 aliphatic rings. The number of hydrogen-bond donors (Lipinski definition) is 4. The number of carbonyl (C=O) groups is 3. The molecule has 0 spiro atoms. The van der Waals surface area contributed by atoms with Gasteiger partial charge in [0.15, 0.2) is 5.78 Å².